The largest absolute Gasteiger partial charge is 0.431 e. The number of nitrogens with zero attached hydrogens (tertiary/aromatic N) is 1. The van der Waals surface area contributed by atoms with Crippen molar-refractivity contribution in [1.29, 1.82) is 0 Å². The van der Waals surface area contributed by atoms with Crippen molar-refractivity contribution in [3.8, 4) is 11.5 Å². The average molecular weight is 411 g/mol. The predicted octanol–water partition coefficient (Wildman–Crippen LogP) is 5.12. The van der Waals surface area contributed by atoms with Gasteiger partial charge in [0.2, 0.25) is 0 Å². The van der Waals surface area contributed by atoms with E-state index in [4.69, 9.17) is 0 Å². The number of carbonyl (C=O) groups is 1. The van der Waals surface area contributed by atoms with E-state index in [1.165, 1.54) is 0 Å². The summed E-state index contributed by atoms with van der Waals surface area (Å²) in [4.78, 5) is 15.8. The number of carbonyl (C=O) groups excluding carboxylic acids is 1. The quantitative estimate of drug-likeness (QED) is 0.447. The van der Waals surface area contributed by atoms with Crippen molar-refractivity contribution in [2.24, 2.45) is 0 Å². The first-order valence-electron chi connectivity index (χ1n) is 7.65. The molecule has 0 aliphatic carbocycles. The van der Waals surface area contributed by atoms with E-state index in [2.05, 4.69) is 14.5 Å². The minimum atomic E-state index is -4.54. The summed E-state index contributed by atoms with van der Waals surface area (Å²) in [6.45, 7) is -6.62. The van der Waals surface area contributed by atoms with Crippen molar-refractivity contribution in [2.75, 3.05) is 0 Å². The molecule has 0 N–H and O–H groups in total. The molecule has 11 heteroatoms. The van der Waals surface area contributed by atoms with Crippen molar-refractivity contribution >= 4 is 5.78 Å². The molecule has 1 heterocycles. The Balaban J connectivity index is 2.09. The lowest BCUT2D eigenvalue weighted by Gasteiger charge is -2.12. The Kier molecular flexibility index (Phi) is 6.81. The van der Waals surface area contributed by atoms with Gasteiger partial charge in [-0.05, 0) is 36.8 Å². The van der Waals surface area contributed by atoms with E-state index in [9.17, 15) is 35.5 Å². The van der Waals surface area contributed by atoms with Gasteiger partial charge in [-0.15, -0.1) is 0 Å². The molecule has 1 aromatic carbocycles. The lowest BCUT2D eigenvalue weighted by Crippen LogP contribution is -2.09. The van der Waals surface area contributed by atoms with Gasteiger partial charge in [0.15, 0.2) is 17.3 Å². The van der Waals surface area contributed by atoms with Crippen LogP contribution in [0.1, 0.15) is 28.0 Å². The summed E-state index contributed by atoms with van der Waals surface area (Å²) in [6, 6.07) is 4.72. The molecule has 0 aliphatic rings. The Morgan fingerprint density at radius 3 is 2.14 bits per heavy atom. The fourth-order valence-electron chi connectivity index (χ4n) is 2.19. The van der Waals surface area contributed by atoms with E-state index in [0.717, 1.165) is 30.3 Å². The van der Waals surface area contributed by atoms with Crippen LogP contribution in [0.2, 0.25) is 0 Å². The maximum Gasteiger partial charge on any atom is 0.417 e. The molecule has 28 heavy (non-hydrogen) atoms. The summed E-state index contributed by atoms with van der Waals surface area (Å²) in [7, 11) is 0. The molecular weight excluding hydrogens is 399 g/mol. The zero-order chi connectivity index (χ0) is 20.9. The maximum absolute atomic E-state index is 12.5. The van der Waals surface area contributed by atoms with E-state index in [0.29, 0.717) is 6.20 Å². The molecule has 0 radical (unpaired) electrons. The number of benzene rings is 1. The van der Waals surface area contributed by atoms with Crippen molar-refractivity contribution in [2.45, 2.75) is 32.2 Å². The SMILES string of the molecule is O=C(CCc1ccc(C(F)(F)F)cn1)c1ccc(OC(F)F)c(OC(F)F)c1. The van der Waals surface area contributed by atoms with Crippen molar-refractivity contribution in [3.63, 3.8) is 0 Å². The topological polar surface area (TPSA) is 48.4 Å². The van der Waals surface area contributed by atoms with Gasteiger partial charge in [-0.3, -0.25) is 9.78 Å². The second-order valence-corrected chi connectivity index (χ2v) is 5.38. The Labute approximate surface area is 153 Å². The van der Waals surface area contributed by atoms with E-state index < -0.39 is 42.2 Å². The lowest BCUT2D eigenvalue weighted by molar-refractivity contribution is -0.137. The monoisotopic (exact) mass is 411 g/mol. The zero-order valence-corrected chi connectivity index (χ0v) is 13.9. The molecule has 0 amide bonds. The van der Waals surface area contributed by atoms with Crippen molar-refractivity contribution < 1.29 is 45.0 Å². The highest BCUT2D eigenvalue weighted by Gasteiger charge is 2.30. The molecule has 4 nitrogen and oxygen atoms in total. The number of pyridine rings is 1. The minimum absolute atomic E-state index is 0.0166. The van der Waals surface area contributed by atoms with Crippen LogP contribution in [0.5, 0.6) is 11.5 Å². The molecule has 0 saturated heterocycles. The van der Waals surface area contributed by atoms with E-state index in [-0.39, 0.29) is 24.1 Å². The first-order chi connectivity index (χ1) is 13.1. The third kappa shape index (κ3) is 6.10. The van der Waals surface area contributed by atoms with Crippen LogP contribution >= 0.6 is 0 Å². The van der Waals surface area contributed by atoms with Gasteiger partial charge in [0.1, 0.15) is 0 Å². The van der Waals surface area contributed by atoms with Gasteiger partial charge < -0.3 is 9.47 Å². The maximum atomic E-state index is 12.5. The Hall–Kier alpha value is -2.85. The van der Waals surface area contributed by atoms with Gasteiger partial charge in [-0.2, -0.15) is 30.7 Å². The predicted molar refractivity (Wildman–Crippen MR) is 81.6 cm³/mol. The van der Waals surface area contributed by atoms with Crippen LogP contribution in [-0.4, -0.2) is 24.0 Å². The number of aryl methyl sites for hydroxylation is 1. The highest BCUT2D eigenvalue weighted by atomic mass is 19.4. The second-order valence-electron chi connectivity index (χ2n) is 5.38. The third-order valence-electron chi connectivity index (χ3n) is 3.46. The van der Waals surface area contributed by atoms with Gasteiger partial charge >= 0.3 is 19.4 Å². The molecule has 0 saturated carbocycles. The van der Waals surface area contributed by atoms with Gasteiger partial charge in [-0.25, -0.2) is 0 Å². The Morgan fingerprint density at radius 2 is 1.61 bits per heavy atom. The molecule has 2 rings (SSSR count). The van der Waals surface area contributed by atoms with Gasteiger partial charge in [0.25, 0.3) is 0 Å². The number of halogens is 7. The zero-order valence-electron chi connectivity index (χ0n) is 13.9. The Bertz CT molecular complexity index is 807. The molecule has 152 valence electrons. The average Bonchev–Trinajstić information content (AvgIpc) is 2.60. The third-order valence-corrected chi connectivity index (χ3v) is 3.46. The molecule has 0 fully saturated rings. The van der Waals surface area contributed by atoms with Crippen LogP contribution in [0.4, 0.5) is 30.7 Å². The molecule has 0 atom stereocenters. The fraction of sp³-hybridized carbons (Fsp3) is 0.294. The number of aromatic nitrogens is 1. The standard InChI is InChI=1S/C17H12F7NO3/c18-15(19)27-13-6-1-9(7-14(13)28-16(20)21)12(26)5-4-11-3-2-10(8-25-11)17(22,23)24/h1-3,6-8,15-16H,4-5H2. The summed E-state index contributed by atoms with van der Waals surface area (Å²) in [6.07, 6.45) is -4.13. The molecule has 1 aromatic heterocycles. The fourth-order valence-corrected chi connectivity index (χ4v) is 2.19. The van der Waals surface area contributed by atoms with Crippen LogP contribution in [-0.2, 0) is 12.6 Å². The van der Waals surface area contributed by atoms with Crippen LogP contribution in [0.25, 0.3) is 0 Å². The summed E-state index contributed by atoms with van der Waals surface area (Å²) in [5.74, 6) is -1.99. The van der Waals surface area contributed by atoms with E-state index in [1.54, 1.807) is 0 Å². The summed E-state index contributed by atoms with van der Waals surface area (Å²) >= 11 is 0. The van der Waals surface area contributed by atoms with Crippen molar-refractivity contribution in [1.82, 2.24) is 4.98 Å². The van der Waals surface area contributed by atoms with Gasteiger partial charge in [0, 0.05) is 23.9 Å². The van der Waals surface area contributed by atoms with Gasteiger partial charge in [-0.1, -0.05) is 0 Å². The summed E-state index contributed by atoms with van der Waals surface area (Å²) < 4.78 is 95.0. The lowest BCUT2D eigenvalue weighted by atomic mass is 10.0. The normalized spacial score (nSPS) is 11.8. The number of Topliss-reactive ketones (excluding diaryl/α,β-unsaturated/α-hetero) is 1. The number of hydrogen-bond donors (Lipinski definition) is 0. The first-order valence-corrected chi connectivity index (χ1v) is 7.65. The number of ether oxygens (including phenoxy) is 2. The summed E-state index contributed by atoms with van der Waals surface area (Å²) in [5.41, 5.74) is -0.849. The molecular formula is C17H12F7NO3. The number of alkyl halides is 7. The summed E-state index contributed by atoms with van der Waals surface area (Å²) in [5, 5.41) is 0. The van der Waals surface area contributed by atoms with E-state index >= 15 is 0 Å². The van der Waals surface area contributed by atoms with Crippen LogP contribution < -0.4 is 9.47 Å². The van der Waals surface area contributed by atoms with Crippen LogP contribution in [0, 0.1) is 0 Å². The minimum Gasteiger partial charge on any atom is -0.431 e. The molecule has 0 aliphatic heterocycles. The molecule has 0 bridgehead atoms. The molecule has 2 aromatic rings. The number of ketones is 1. The highest BCUT2D eigenvalue weighted by molar-refractivity contribution is 5.96. The van der Waals surface area contributed by atoms with Crippen LogP contribution in [0.3, 0.4) is 0 Å². The first kappa shape index (κ1) is 21.5. The Morgan fingerprint density at radius 1 is 0.964 bits per heavy atom. The smallest absolute Gasteiger partial charge is 0.417 e. The van der Waals surface area contributed by atoms with Crippen molar-refractivity contribution in [3.05, 3.63) is 53.3 Å². The molecule has 0 spiro atoms. The highest BCUT2D eigenvalue weighted by Crippen LogP contribution is 2.32. The second kappa shape index (κ2) is 8.89. The number of rotatable bonds is 8. The van der Waals surface area contributed by atoms with E-state index in [1.807, 2.05) is 0 Å². The number of hydrogen-bond acceptors (Lipinski definition) is 4. The molecule has 0 unspecified atom stereocenters. The van der Waals surface area contributed by atoms with Gasteiger partial charge in [0.05, 0.1) is 5.56 Å². The van der Waals surface area contributed by atoms with Crippen LogP contribution in [0.15, 0.2) is 36.5 Å².